The molecule has 0 bridgehead atoms. The van der Waals surface area contributed by atoms with E-state index in [-0.39, 0.29) is 5.97 Å². The van der Waals surface area contributed by atoms with Crippen LogP contribution in [0.4, 0.5) is 9.59 Å². The summed E-state index contributed by atoms with van der Waals surface area (Å²) in [6.07, 6.45) is -1.52. The number of hydrogen-bond acceptors (Lipinski definition) is 4. The molecule has 0 saturated heterocycles. The minimum atomic E-state index is -1.33. The molecule has 0 aliphatic rings. The van der Waals surface area contributed by atoms with Crippen molar-refractivity contribution in [2.45, 2.75) is 6.92 Å². The molecule has 0 spiro atoms. The second kappa shape index (κ2) is 14.3. The maximum absolute atomic E-state index is 10.1. The third-order valence-corrected chi connectivity index (χ3v) is 0.453. The lowest BCUT2D eigenvalue weighted by Gasteiger charge is -1.90. The van der Waals surface area contributed by atoms with Crippen LogP contribution >= 0.6 is 0 Å². The van der Waals surface area contributed by atoms with E-state index < -0.39 is 12.2 Å². The van der Waals surface area contributed by atoms with Crippen LogP contribution in [0.25, 0.3) is 0 Å². The van der Waals surface area contributed by atoms with Gasteiger partial charge in [-0.1, -0.05) is 6.58 Å². The van der Waals surface area contributed by atoms with Crippen molar-refractivity contribution in [3.05, 3.63) is 12.7 Å². The van der Waals surface area contributed by atoms with Gasteiger partial charge < -0.3 is 26.4 Å². The molecule has 0 saturated carbocycles. The summed E-state index contributed by atoms with van der Waals surface area (Å²) in [4.78, 5) is 27.6. The summed E-state index contributed by atoms with van der Waals surface area (Å²) in [5.74, 6) is -0.359. The van der Waals surface area contributed by atoms with Gasteiger partial charge in [-0.05, 0) is 6.92 Å². The largest absolute Gasteiger partial charge is 0.465 e. The quantitative estimate of drug-likeness (QED) is 0.380. The molecule has 0 aromatic heterocycles. The number of carboxylic acid groups (broad SMARTS) is 2. The number of ether oxygens (including phenoxy) is 1. The summed E-state index contributed by atoms with van der Waals surface area (Å²) in [5.41, 5.74) is 8.06. The molecule has 0 aromatic carbocycles. The monoisotopic (exact) mass is 222 g/mol. The fraction of sp³-hybridized carbons (Fsp3) is 0.286. The average Bonchev–Trinajstić information content (AvgIpc) is 2.02. The Morgan fingerprint density at radius 1 is 1.27 bits per heavy atom. The van der Waals surface area contributed by atoms with Crippen molar-refractivity contribution < 1.29 is 29.3 Å². The van der Waals surface area contributed by atoms with Crippen LogP contribution in [0.15, 0.2) is 12.7 Å². The van der Waals surface area contributed by atoms with Gasteiger partial charge in [0.25, 0.3) is 0 Å². The SMILES string of the molecule is C=CC(=O)OCC.NC(=O)O.NC(=O)O. The molecule has 0 rings (SSSR count). The van der Waals surface area contributed by atoms with Crippen LogP contribution in [0.3, 0.4) is 0 Å². The van der Waals surface area contributed by atoms with E-state index in [2.05, 4.69) is 22.8 Å². The highest BCUT2D eigenvalue weighted by Gasteiger charge is 1.86. The maximum atomic E-state index is 10.1. The van der Waals surface area contributed by atoms with Crippen LogP contribution in [-0.2, 0) is 9.53 Å². The Hall–Kier alpha value is -2.25. The zero-order valence-electron chi connectivity index (χ0n) is 8.17. The molecule has 0 unspecified atom stereocenters. The van der Waals surface area contributed by atoms with Gasteiger partial charge in [0.05, 0.1) is 6.61 Å². The third-order valence-electron chi connectivity index (χ3n) is 0.453. The van der Waals surface area contributed by atoms with E-state index in [1.165, 1.54) is 0 Å². The Morgan fingerprint density at radius 3 is 1.60 bits per heavy atom. The Bertz CT molecular complexity index is 196. The lowest BCUT2D eigenvalue weighted by Crippen LogP contribution is -2.03. The standard InChI is InChI=1S/C5H8O2.2CH3NO2/c1-3-5(6)7-4-2;2*2-1(3)4/h3H,1,4H2,2H3;2*2H2,(H,3,4). The average molecular weight is 222 g/mol. The molecule has 0 aliphatic heterocycles. The van der Waals surface area contributed by atoms with Gasteiger partial charge in [0, 0.05) is 6.08 Å². The zero-order valence-corrected chi connectivity index (χ0v) is 8.17. The van der Waals surface area contributed by atoms with E-state index >= 15 is 0 Å². The van der Waals surface area contributed by atoms with Gasteiger partial charge in [-0.25, -0.2) is 14.4 Å². The number of nitrogens with two attached hydrogens (primary N) is 2. The first kappa shape index (κ1) is 18.5. The van der Waals surface area contributed by atoms with E-state index in [4.69, 9.17) is 19.8 Å². The molecule has 0 radical (unpaired) electrons. The zero-order chi connectivity index (χ0) is 12.9. The van der Waals surface area contributed by atoms with Crippen molar-refractivity contribution in [2.24, 2.45) is 11.5 Å². The second-order valence-electron chi connectivity index (χ2n) is 1.63. The smallest absolute Gasteiger partial charge is 0.402 e. The van der Waals surface area contributed by atoms with Crippen molar-refractivity contribution in [1.29, 1.82) is 0 Å². The molecular weight excluding hydrogens is 208 g/mol. The summed E-state index contributed by atoms with van der Waals surface area (Å²) < 4.78 is 4.43. The van der Waals surface area contributed by atoms with Crippen LogP contribution in [0.5, 0.6) is 0 Å². The first-order valence-electron chi connectivity index (χ1n) is 3.53. The third kappa shape index (κ3) is 148. The van der Waals surface area contributed by atoms with E-state index in [9.17, 15) is 4.79 Å². The highest BCUT2D eigenvalue weighted by molar-refractivity contribution is 5.81. The number of amides is 2. The predicted octanol–water partition coefficient (Wildman–Crippen LogP) is -0.0183. The summed E-state index contributed by atoms with van der Waals surface area (Å²) in [5, 5.41) is 14.4. The van der Waals surface area contributed by atoms with Gasteiger partial charge in [-0.15, -0.1) is 0 Å². The second-order valence-corrected chi connectivity index (χ2v) is 1.63. The molecule has 0 aromatic rings. The summed E-state index contributed by atoms with van der Waals surface area (Å²) in [6, 6.07) is 0. The highest BCUT2D eigenvalue weighted by Crippen LogP contribution is 1.74. The van der Waals surface area contributed by atoms with Gasteiger partial charge in [0.15, 0.2) is 0 Å². The topological polar surface area (TPSA) is 153 Å². The number of carbonyl (C=O) groups excluding carboxylic acids is 1. The van der Waals surface area contributed by atoms with Crippen LogP contribution < -0.4 is 11.5 Å². The summed E-state index contributed by atoms with van der Waals surface area (Å²) >= 11 is 0. The Morgan fingerprint density at radius 2 is 1.53 bits per heavy atom. The van der Waals surface area contributed by atoms with Crippen molar-refractivity contribution in [3.8, 4) is 0 Å². The number of esters is 1. The minimum absolute atomic E-state index is 0.359. The molecule has 0 aliphatic carbocycles. The number of hydrogen-bond donors (Lipinski definition) is 4. The van der Waals surface area contributed by atoms with E-state index in [1.54, 1.807) is 6.92 Å². The van der Waals surface area contributed by atoms with Crippen LogP contribution in [0.1, 0.15) is 6.92 Å². The maximum Gasteiger partial charge on any atom is 0.402 e. The van der Waals surface area contributed by atoms with Crippen molar-refractivity contribution in [1.82, 2.24) is 0 Å². The fourth-order valence-corrected chi connectivity index (χ4v) is 0.201. The van der Waals surface area contributed by atoms with E-state index in [1.807, 2.05) is 0 Å². The van der Waals surface area contributed by atoms with Gasteiger partial charge in [-0.3, -0.25) is 0 Å². The van der Waals surface area contributed by atoms with Crippen LogP contribution in [0, 0.1) is 0 Å². The normalized spacial score (nSPS) is 6.73. The van der Waals surface area contributed by atoms with Crippen LogP contribution in [0.2, 0.25) is 0 Å². The molecule has 0 atom stereocenters. The summed E-state index contributed by atoms with van der Waals surface area (Å²) in [6.45, 7) is 5.38. The molecule has 0 heterocycles. The first-order valence-corrected chi connectivity index (χ1v) is 3.53. The lowest BCUT2D eigenvalue weighted by atomic mass is 10.6. The molecule has 88 valence electrons. The molecule has 6 N–H and O–H groups in total. The van der Waals surface area contributed by atoms with Gasteiger partial charge in [-0.2, -0.15) is 0 Å². The summed E-state index contributed by atoms with van der Waals surface area (Å²) in [7, 11) is 0. The lowest BCUT2D eigenvalue weighted by molar-refractivity contribution is -0.137. The predicted molar refractivity (Wildman–Crippen MR) is 51.3 cm³/mol. The molecule has 8 heteroatoms. The van der Waals surface area contributed by atoms with Gasteiger partial charge >= 0.3 is 18.2 Å². The number of carbonyl (C=O) groups is 3. The Balaban J connectivity index is -0.000000155. The van der Waals surface area contributed by atoms with Crippen LogP contribution in [-0.4, -0.2) is 35.0 Å². The Kier molecular flexibility index (Phi) is 17.6. The fourth-order valence-electron chi connectivity index (χ4n) is 0.201. The first-order chi connectivity index (χ1) is 6.77. The number of primary amides is 2. The van der Waals surface area contributed by atoms with Gasteiger partial charge in [0.2, 0.25) is 0 Å². The van der Waals surface area contributed by atoms with Gasteiger partial charge in [0.1, 0.15) is 0 Å². The molecule has 2 amide bonds. The van der Waals surface area contributed by atoms with E-state index in [0.29, 0.717) is 6.61 Å². The minimum Gasteiger partial charge on any atom is -0.465 e. The molecule has 0 fully saturated rings. The Labute approximate surface area is 86.1 Å². The highest BCUT2D eigenvalue weighted by atomic mass is 16.5. The molecule has 15 heavy (non-hydrogen) atoms. The van der Waals surface area contributed by atoms with Crippen molar-refractivity contribution >= 4 is 18.2 Å². The molecule has 8 nitrogen and oxygen atoms in total. The molecular formula is C7H14N2O6. The van der Waals surface area contributed by atoms with E-state index in [0.717, 1.165) is 6.08 Å². The number of rotatable bonds is 2. The van der Waals surface area contributed by atoms with Crippen molar-refractivity contribution in [3.63, 3.8) is 0 Å². The van der Waals surface area contributed by atoms with Crippen molar-refractivity contribution in [2.75, 3.05) is 6.61 Å².